The second-order valence-corrected chi connectivity index (χ2v) is 6.18. The fourth-order valence-electron chi connectivity index (χ4n) is 2.41. The first-order valence-corrected chi connectivity index (χ1v) is 8.17. The number of hydrogen-bond donors (Lipinski definition) is 1. The third-order valence-electron chi connectivity index (χ3n) is 3.82. The van der Waals surface area contributed by atoms with Crippen LogP contribution in [-0.2, 0) is 16.1 Å². The minimum Gasteiger partial charge on any atom is -0.340 e. The molecule has 1 N–H and O–H groups in total. The minimum absolute atomic E-state index is 0.0307. The molecular weight excluding hydrogens is 359 g/mol. The third-order valence-corrected chi connectivity index (χ3v) is 3.82. The second-order valence-electron chi connectivity index (χ2n) is 6.18. The molecule has 0 saturated heterocycles. The van der Waals surface area contributed by atoms with Crippen molar-refractivity contribution in [3.05, 3.63) is 65.5 Å². The molecule has 2 aromatic rings. The molecule has 5 nitrogen and oxygen atoms in total. The quantitative estimate of drug-likeness (QED) is 0.753. The molecule has 2 rings (SSSR count). The summed E-state index contributed by atoms with van der Waals surface area (Å²) in [6.07, 6.45) is 0. The van der Waals surface area contributed by atoms with Gasteiger partial charge in [0.25, 0.3) is 0 Å². The van der Waals surface area contributed by atoms with Gasteiger partial charge in [0, 0.05) is 13.6 Å². The number of anilines is 1. The van der Waals surface area contributed by atoms with E-state index in [-0.39, 0.29) is 19.0 Å². The Morgan fingerprint density at radius 1 is 0.926 bits per heavy atom. The molecule has 0 bridgehead atoms. The lowest BCUT2D eigenvalue weighted by molar-refractivity contribution is -0.131. The standard InChI is InChI=1S/C19H20F3N3O2/c1-24(12-17(27)25(2)10-13-6-4-3-5-7-13)11-16(26)23-15-9-8-14(20)18(21)19(15)22/h3-9H,10-12H2,1-2H3,(H,23,26). The molecule has 2 amide bonds. The Labute approximate surface area is 155 Å². The van der Waals surface area contributed by atoms with Crippen LogP contribution in [0.5, 0.6) is 0 Å². The molecule has 0 aromatic heterocycles. The predicted octanol–water partition coefficient (Wildman–Crippen LogP) is 2.63. The van der Waals surface area contributed by atoms with Gasteiger partial charge in [0.15, 0.2) is 17.5 Å². The van der Waals surface area contributed by atoms with Crippen LogP contribution >= 0.6 is 0 Å². The van der Waals surface area contributed by atoms with Gasteiger partial charge in [0.05, 0.1) is 18.8 Å². The number of benzene rings is 2. The predicted molar refractivity (Wildman–Crippen MR) is 95.4 cm³/mol. The van der Waals surface area contributed by atoms with E-state index in [4.69, 9.17) is 0 Å². The Morgan fingerprint density at radius 3 is 2.26 bits per heavy atom. The van der Waals surface area contributed by atoms with Gasteiger partial charge in [-0.3, -0.25) is 14.5 Å². The highest BCUT2D eigenvalue weighted by molar-refractivity contribution is 5.92. The van der Waals surface area contributed by atoms with Gasteiger partial charge in [-0.05, 0) is 24.7 Å². The highest BCUT2D eigenvalue weighted by atomic mass is 19.2. The molecule has 0 saturated carbocycles. The maximum atomic E-state index is 13.6. The molecule has 0 aliphatic carbocycles. The van der Waals surface area contributed by atoms with E-state index in [1.165, 1.54) is 9.80 Å². The van der Waals surface area contributed by atoms with E-state index in [2.05, 4.69) is 5.32 Å². The Bertz CT molecular complexity index is 815. The molecule has 0 aliphatic heterocycles. The number of halogens is 3. The molecular formula is C19H20F3N3O2. The molecule has 0 aliphatic rings. The maximum absolute atomic E-state index is 13.6. The van der Waals surface area contributed by atoms with Crippen LogP contribution < -0.4 is 5.32 Å². The maximum Gasteiger partial charge on any atom is 0.238 e. The SMILES string of the molecule is CN(CC(=O)Nc1ccc(F)c(F)c1F)CC(=O)N(C)Cc1ccccc1. The van der Waals surface area contributed by atoms with Gasteiger partial charge < -0.3 is 10.2 Å². The smallest absolute Gasteiger partial charge is 0.238 e. The molecule has 0 unspecified atom stereocenters. The van der Waals surface area contributed by atoms with Crippen molar-refractivity contribution in [2.45, 2.75) is 6.54 Å². The minimum atomic E-state index is -1.65. The van der Waals surface area contributed by atoms with E-state index in [0.29, 0.717) is 6.54 Å². The van der Waals surface area contributed by atoms with Crippen LogP contribution in [0.15, 0.2) is 42.5 Å². The summed E-state index contributed by atoms with van der Waals surface area (Å²) in [6.45, 7) is 0.181. The van der Waals surface area contributed by atoms with Crippen molar-refractivity contribution in [3.63, 3.8) is 0 Å². The van der Waals surface area contributed by atoms with Gasteiger partial charge in [-0.1, -0.05) is 30.3 Å². The summed E-state index contributed by atoms with van der Waals surface area (Å²) in [5.74, 6) is -5.31. The van der Waals surface area contributed by atoms with Crippen molar-refractivity contribution in [3.8, 4) is 0 Å². The number of carbonyl (C=O) groups is 2. The fourth-order valence-corrected chi connectivity index (χ4v) is 2.41. The molecule has 0 fully saturated rings. The Balaban J connectivity index is 1.85. The highest BCUT2D eigenvalue weighted by Gasteiger charge is 2.18. The number of amides is 2. The van der Waals surface area contributed by atoms with Crippen LogP contribution in [0.4, 0.5) is 18.9 Å². The van der Waals surface area contributed by atoms with Crippen LogP contribution in [0.2, 0.25) is 0 Å². The lowest BCUT2D eigenvalue weighted by atomic mass is 10.2. The van der Waals surface area contributed by atoms with Gasteiger partial charge in [0.1, 0.15) is 0 Å². The zero-order chi connectivity index (χ0) is 20.0. The van der Waals surface area contributed by atoms with Crippen LogP contribution in [0, 0.1) is 17.5 Å². The fraction of sp³-hybridized carbons (Fsp3) is 0.263. The summed E-state index contributed by atoms with van der Waals surface area (Å²) >= 11 is 0. The molecule has 2 aromatic carbocycles. The van der Waals surface area contributed by atoms with E-state index in [1.54, 1.807) is 14.1 Å². The van der Waals surface area contributed by atoms with E-state index in [9.17, 15) is 22.8 Å². The van der Waals surface area contributed by atoms with Gasteiger partial charge >= 0.3 is 0 Å². The topological polar surface area (TPSA) is 52.7 Å². The summed E-state index contributed by atoms with van der Waals surface area (Å²) < 4.78 is 39.7. The van der Waals surface area contributed by atoms with Crippen molar-refractivity contribution >= 4 is 17.5 Å². The summed E-state index contributed by atoms with van der Waals surface area (Å²) in [6, 6.07) is 11.1. The average Bonchev–Trinajstić information content (AvgIpc) is 2.62. The Hall–Kier alpha value is -2.87. The highest BCUT2D eigenvalue weighted by Crippen LogP contribution is 2.19. The van der Waals surface area contributed by atoms with Crippen molar-refractivity contribution in [2.75, 3.05) is 32.5 Å². The molecule has 0 heterocycles. The van der Waals surface area contributed by atoms with Gasteiger partial charge in [-0.15, -0.1) is 0 Å². The zero-order valence-corrected chi connectivity index (χ0v) is 15.0. The van der Waals surface area contributed by atoms with Crippen molar-refractivity contribution in [1.82, 2.24) is 9.80 Å². The number of likely N-dealkylation sites (N-methyl/N-ethyl adjacent to an activating group) is 2. The second kappa shape index (κ2) is 9.18. The van der Waals surface area contributed by atoms with Crippen LogP contribution in [0.1, 0.15) is 5.56 Å². The van der Waals surface area contributed by atoms with Crippen molar-refractivity contribution in [1.29, 1.82) is 0 Å². The molecule has 0 radical (unpaired) electrons. The zero-order valence-electron chi connectivity index (χ0n) is 15.0. The summed E-state index contributed by atoms with van der Waals surface area (Å²) in [4.78, 5) is 27.2. The van der Waals surface area contributed by atoms with Crippen molar-refractivity contribution in [2.24, 2.45) is 0 Å². The largest absolute Gasteiger partial charge is 0.340 e. The van der Waals surface area contributed by atoms with Gasteiger partial charge in [0.2, 0.25) is 11.8 Å². The Morgan fingerprint density at radius 2 is 1.59 bits per heavy atom. The van der Waals surface area contributed by atoms with Gasteiger partial charge in [-0.25, -0.2) is 13.2 Å². The van der Waals surface area contributed by atoms with Crippen LogP contribution in [0.25, 0.3) is 0 Å². The third kappa shape index (κ3) is 5.82. The number of nitrogens with one attached hydrogen (secondary N) is 1. The van der Waals surface area contributed by atoms with Crippen LogP contribution in [-0.4, -0.2) is 48.8 Å². The molecule has 0 spiro atoms. The monoisotopic (exact) mass is 379 g/mol. The normalized spacial score (nSPS) is 10.7. The summed E-state index contributed by atoms with van der Waals surface area (Å²) in [5, 5.41) is 2.16. The molecule has 27 heavy (non-hydrogen) atoms. The average molecular weight is 379 g/mol. The summed E-state index contributed by atoms with van der Waals surface area (Å²) in [7, 11) is 3.20. The van der Waals surface area contributed by atoms with E-state index < -0.39 is 29.0 Å². The van der Waals surface area contributed by atoms with E-state index in [1.807, 2.05) is 30.3 Å². The van der Waals surface area contributed by atoms with Gasteiger partial charge in [-0.2, -0.15) is 0 Å². The summed E-state index contributed by atoms with van der Waals surface area (Å²) in [5.41, 5.74) is 0.516. The van der Waals surface area contributed by atoms with Crippen LogP contribution in [0.3, 0.4) is 0 Å². The molecule has 0 atom stereocenters. The Kier molecular flexibility index (Phi) is 6.95. The number of rotatable bonds is 7. The first-order chi connectivity index (χ1) is 12.8. The lowest BCUT2D eigenvalue weighted by Crippen LogP contribution is -2.39. The molecule has 8 heteroatoms. The number of hydrogen-bond acceptors (Lipinski definition) is 3. The first-order valence-electron chi connectivity index (χ1n) is 8.17. The van der Waals surface area contributed by atoms with Crippen molar-refractivity contribution < 1.29 is 22.8 Å². The van der Waals surface area contributed by atoms with E-state index >= 15 is 0 Å². The number of carbonyl (C=O) groups excluding carboxylic acids is 2. The molecule has 144 valence electrons. The lowest BCUT2D eigenvalue weighted by Gasteiger charge is -2.21. The number of nitrogens with zero attached hydrogens (tertiary/aromatic N) is 2. The first kappa shape index (κ1) is 20.4. The van der Waals surface area contributed by atoms with E-state index in [0.717, 1.165) is 17.7 Å².